The van der Waals surface area contributed by atoms with Crippen molar-refractivity contribution in [2.75, 3.05) is 6.61 Å². The van der Waals surface area contributed by atoms with Crippen LogP contribution in [0.2, 0.25) is 0 Å². The summed E-state index contributed by atoms with van der Waals surface area (Å²) in [4.78, 5) is 31.3. The molecule has 1 aliphatic rings. The third-order valence-corrected chi connectivity index (χ3v) is 5.25. The Bertz CT molecular complexity index is 1180. The third-order valence-electron chi connectivity index (χ3n) is 5.25. The van der Waals surface area contributed by atoms with Gasteiger partial charge in [-0.25, -0.2) is 4.39 Å². The van der Waals surface area contributed by atoms with E-state index < -0.39 is 23.5 Å². The number of aromatic nitrogens is 1. The molecule has 2 heterocycles. The topological polar surface area (TPSA) is 79.7 Å². The van der Waals surface area contributed by atoms with Gasteiger partial charge in [-0.05, 0) is 48.9 Å². The van der Waals surface area contributed by atoms with Gasteiger partial charge in [-0.3, -0.25) is 14.6 Å². The lowest BCUT2D eigenvalue weighted by molar-refractivity contribution is -0.140. The highest BCUT2D eigenvalue weighted by Crippen LogP contribution is 2.41. The highest BCUT2D eigenvalue weighted by atomic mass is 19.1. The predicted octanol–water partition coefficient (Wildman–Crippen LogP) is 4.24. The lowest BCUT2D eigenvalue weighted by Crippen LogP contribution is -2.29. The lowest BCUT2D eigenvalue weighted by atomic mass is 9.94. The number of benzene rings is 2. The molecule has 162 valence electrons. The zero-order valence-corrected chi connectivity index (χ0v) is 17.4. The van der Waals surface area contributed by atoms with Crippen molar-refractivity contribution in [3.8, 4) is 5.75 Å². The van der Waals surface area contributed by atoms with E-state index >= 15 is 0 Å². The summed E-state index contributed by atoms with van der Waals surface area (Å²) in [6, 6.07) is 14.8. The molecular weight excluding hydrogens is 411 g/mol. The largest absolute Gasteiger partial charge is 0.507 e. The van der Waals surface area contributed by atoms with Crippen LogP contribution < -0.4 is 4.74 Å². The van der Waals surface area contributed by atoms with Crippen LogP contribution in [0.4, 0.5) is 4.39 Å². The van der Waals surface area contributed by atoms with Gasteiger partial charge in [-0.15, -0.1) is 0 Å². The molecule has 0 aliphatic carbocycles. The molecule has 1 fully saturated rings. The first-order chi connectivity index (χ1) is 15.5. The van der Waals surface area contributed by atoms with Crippen molar-refractivity contribution >= 4 is 17.4 Å². The fraction of sp³-hybridized carbons (Fsp3) is 0.160. The van der Waals surface area contributed by atoms with E-state index in [9.17, 15) is 19.1 Å². The molecule has 1 aromatic heterocycles. The van der Waals surface area contributed by atoms with Crippen LogP contribution in [0.1, 0.15) is 29.7 Å². The normalized spacial score (nSPS) is 17.6. The fourth-order valence-electron chi connectivity index (χ4n) is 3.78. The molecule has 32 heavy (non-hydrogen) atoms. The van der Waals surface area contributed by atoms with Crippen LogP contribution in [0.25, 0.3) is 5.76 Å². The number of hydrogen-bond acceptors (Lipinski definition) is 5. The highest BCUT2D eigenvalue weighted by molar-refractivity contribution is 6.46. The number of nitrogens with zero attached hydrogens (tertiary/aromatic N) is 2. The molecule has 6 nitrogen and oxygen atoms in total. The van der Waals surface area contributed by atoms with Crippen molar-refractivity contribution in [1.29, 1.82) is 0 Å². The van der Waals surface area contributed by atoms with E-state index in [1.165, 1.54) is 23.1 Å². The monoisotopic (exact) mass is 432 g/mol. The summed E-state index contributed by atoms with van der Waals surface area (Å²) in [5.41, 5.74) is 0.974. The average molecular weight is 432 g/mol. The molecule has 7 heteroatoms. The Morgan fingerprint density at radius 1 is 1.09 bits per heavy atom. The SMILES string of the molecule is CCOc1ccc(C(O)=C2C(=O)C(=O)N(Cc3cccnc3)C2c2ccccc2F)cc1. The van der Waals surface area contributed by atoms with Crippen LogP contribution in [0.3, 0.4) is 0 Å². The molecule has 4 rings (SSSR count). The molecule has 3 aromatic rings. The lowest BCUT2D eigenvalue weighted by Gasteiger charge is -2.25. The van der Waals surface area contributed by atoms with Gasteiger partial charge in [0, 0.05) is 30.1 Å². The Morgan fingerprint density at radius 2 is 1.84 bits per heavy atom. The number of amides is 1. The molecule has 1 atom stereocenters. The van der Waals surface area contributed by atoms with E-state index in [-0.39, 0.29) is 23.4 Å². The van der Waals surface area contributed by atoms with Gasteiger partial charge in [-0.1, -0.05) is 24.3 Å². The number of carbonyl (C=O) groups excluding carboxylic acids is 2. The van der Waals surface area contributed by atoms with Crippen LogP contribution in [0.15, 0.2) is 78.6 Å². The quantitative estimate of drug-likeness (QED) is 0.358. The van der Waals surface area contributed by atoms with E-state index in [0.717, 1.165) is 0 Å². The zero-order valence-electron chi connectivity index (χ0n) is 17.4. The molecule has 1 unspecified atom stereocenters. The molecule has 1 aliphatic heterocycles. The number of pyridine rings is 1. The molecule has 1 amide bonds. The molecule has 0 bridgehead atoms. The Hall–Kier alpha value is -4.00. The van der Waals surface area contributed by atoms with Crippen molar-refractivity contribution in [3.63, 3.8) is 0 Å². The van der Waals surface area contributed by atoms with E-state index in [1.54, 1.807) is 54.9 Å². The van der Waals surface area contributed by atoms with E-state index in [2.05, 4.69) is 4.98 Å². The standard InChI is InChI=1S/C25H21FN2O4/c1-2-32-18-11-9-17(10-12-18)23(29)21-22(19-7-3-4-8-20(19)26)28(25(31)24(21)30)15-16-6-5-13-27-14-16/h3-14,22,29H,2,15H2,1H3. The van der Waals surface area contributed by atoms with Crippen molar-refractivity contribution in [2.24, 2.45) is 0 Å². The Labute approximate surface area is 184 Å². The maximum Gasteiger partial charge on any atom is 0.295 e. The second kappa shape index (κ2) is 9.01. The summed E-state index contributed by atoms with van der Waals surface area (Å²) < 4.78 is 20.2. The van der Waals surface area contributed by atoms with E-state index in [0.29, 0.717) is 23.5 Å². The van der Waals surface area contributed by atoms with E-state index in [1.807, 2.05) is 6.92 Å². The number of Topliss-reactive ketones (excluding diaryl/α,β-unsaturated/α-hetero) is 1. The summed E-state index contributed by atoms with van der Waals surface area (Å²) in [5.74, 6) is -2.02. The summed E-state index contributed by atoms with van der Waals surface area (Å²) in [7, 11) is 0. The Morgan fingerprint density at radius 3 is 2.50 bits per heavy atom. The van der Waals surface area contributed by atoms with Crippen molar-refractivity contribution in [3.05, 3.63) is 101 Å². The first-order valence-electron chi connectivity index (χ1n) is 10.2. The number of aliphatic hydroxyl groups is 1. The Balaban J connectivity index is 1.84. The summed E-state index contributed by atoms with van der Waals surface area (Å²) in [5, 5.41) is 11.0. The number of ether oxygens (including phenoxy) is 1. The summed E-state index contributed by atoms with van der Waals surface area (Å²) in [6.45, 7) is 2.38. The number of aliphatic hydroxyl groups excluding tert-OH is 1. The minimum Gasteiger partial charge on any atom is -0.507 e. The van der Waals surface area contributed by atoms with Gasteiger partial charge in [0.25, 0.3) is 11.7 Å². The maximum absolute atomic E-state index is 14.8. The molecule has 0 saturated carbocycles. The maximum atomic E-state index is 14.8. The predicted molar refractivity (Wildman–Crippen MR) is 116 cm³/mol. The highest BCUT2D eigenvalue weighted by Gasteiger charge is 2.46. The van der Waals surface area contributed by atoms with Gasteiger partial charge in [0.2, 0.25) is 0 Å². The molecule has 1 saturated heterocycles. The van der Waals surface area contributed by atoms with Crippen LogP contribution in [0, 0.1) is 5.82 Å². The fourth-order valence-corrected chi connectivity index (χ4v) is 3.78. The number of ketones is 1. The van der Waals surface area contributed by atoms with Crippen LogP contribution >= 0.6 is 0 Å². The van der Waals surface area contributed by atoms with E-state index in [4.69, 9.17) is 4.74 Å². The zero-order chi connectivity index (χ0) is 22.7. The van der Waals surface area contributed by atoms with Crippen molar-refractivity contribution < 1.29 is 23.8 Å². The molecule has 1 N–H and O–H groups in total. The first kappa shape index (κ1) is 21.2. The summed E-state index contributed by atoms with van der Waals surface area (Å²) in [6.07, 6.45) is 3.17. The van der Waals surface area contributed by atoms with Gasteiger partial charge in [0.05, 0.1) is 18.2 Å². The molecule has 2 aromatic carbocycles. The second-order valence-electron chi connectivity index (χ2n) is 7.27. The number of rotatable bonds is 6. The van der Waals surface area contributed by atoms with Gasteiger partial charge in [0.15, 0.2) is 0 Å². The molecule has 0 spiro atoms. The number of likely N-dealkylation sites (tertiary alicyclic amines) is 1. The number of hydrogen-bond donors (Lipinski definition) is 1. The van der Waals surface area contributed by atoms with Crippen LogP contribution in [-0.4, -0.2) is 33.3 Å². The van der Waals surface area contributed by atoms with Gasteiger partial charge in [-0.2, -0.15) is 0 Å². The summed E-state index contributed by atoms with van der Waals surface area (Å²) >= 11 is 0. The smallest absolute Gasteiger partial charge is 0.295 e. The number of carbonyl (C=O) groups is 2. The number of halogens is 1. The second-order valence-corrected chi connectivity index (χ2v) is 7.27. The molecular formula is C25H21FN2O4. The Kier molecular flexibility index (Phi) is 5.98. The van der Waals surface area contributed by atoms with Gasteiger partial charge < -0.3 is 14.7 Å². The van der Waals surface area contributed by atoms with Gasteiger partial charge >= 0.3 is 0 Å². The van der Waals surface area contributed by atoms with Crippen molar-refractivity contribution in [2.45, 2.75) is 19.5 Å². The van der Waals surface area contributed by atoms with Crippen LogP contribution in [-0.2, 0) is 16.1 Å². The van der Waals surface area contributed by atoms with Gasteiger partial charge in [0.1, 0.15) is 17.3 Å². The van der Waals surface area contributed by atoms with Crippen molar-refractivity contribution in [1.82, 2.24) is 9.88 Å². The van der Waals surface area contributed by atoms with Crippen LogP contribution in [0.5, 0.6) is 5.75 Å². The first-order valence-corrected chi connectivity index (χ1v) is 10.2. The third kappa shape index (κ3) is 3.97. The molecule has 0 radical (unpaired) electrons. The average Bonchev–Trinajstić information content (AvgIpc) is 3.05. The minimum atomic E-state index is -1.08. The minimum absolute atomic E-state index is 0.0392.